The van der Waals surface area contributed by atoms with Crippen LogP contribution in [0, 0.1) is 0 Å². The van der Waals surface area contributed by atoms with Crippen LogP contribution in [0.4, 0.5) is 5.69 Å². The summed E-state index contributed by atoms with van der Waals surface area (Å²) in [6.07, 6.45) is 1.39. The van der Waals surface area contributed by atoms with Crippen molar-refractivity contribution in [2.75, 3.05) is 32.0 Å². The normalized spacial score (nSPS) is 19.4. The third-order valence-electron chi connectivity index (χ3n) is 3.27. The Labute approximate surface area is 119 Å². The van der Waals surface area contributed by atoms with E-state index in [1.807, 2.05) is 24.0 Å². The number of hydrogen-bond donors (Lipinski definition) is 1. The van der Waals surface area contributed by atoms with Crippen LogP contribution in [-0.4, -0.2) is 43.2 Å². The van der Waals surface area contributed by atoms with Crippen molar-refractivity contribution in [3.8, 4) is 5.75 Å². The molecule has 1 aromatic carbocycles. The molecule has 110 valence electrons. The van der Waals surface area contributed by atoms with Crippen LogP contribution in [0.15, 0.2) is 24.3 Å². The Morgan fingerprint density at radius 1 is 1.45 bits per heavy atom. The number of carbonyl (C=O) groups excluding carboxylic acids is 1. The van der Waals surface area contributed by atoms with E-state index < -0.39 is 0 Å². The summed E-state index contributed by atoms with van der Waals surface area (Å²) in [5.74, 6) is 0.859. The monoisotopic (exact) mass is 278 g/mol. The zero-order chi connectivity index (χ0) is 14.4. The number of benzene rings is 1. The van der Waals surface area contributed by atoms with Gasteiger partial charge in [0.2, 0.25) is 5.91 Å². The van der Waals surface area contributed by atoms with E-state index in [-0.39, 0.29) is 12.0 Å². The van der Waals surface area contributed by atoms with Crippen LogP contribution < -0.4 is 10.5 Å². The van der Waals surface area contributed by atoms with Crippen LogP contribution in [0.5, 0.6) is 5.75 Å². The molecule has 5 heteroatoms. The smallest absolute Gasteiger partial charge is 0.226 e. The fourth-order valence-corrected chi connectivity index (χ4v) is 2.20. The van der Waals surface area contributed by atoms with Crippen molar-refractivity contribution in [2.45, 2.75) is 25.9 Å². The minimum Gasteiger partial charge on any atom is -0.493 e. The van der Waals surface area contributed by atoms with E-state index in [1.165, 1.54) is 0 Å². The Kier molecular flexibility index (Phi) is 5.24. The SMILES string of the molecule is CC1CN(C(=O)CCOc2ccc(N)cc2)CCCO1. The molecule has 0 aliphatic carbocycles. The molecule has 20 heavy (non-hydrogen) atoms. The predicted molar refractivity (Wildman–Crippen MR) is 77.6 cm³/mol. The van der Waals surface area contributed by atoms with Gasteiger partial charge in [0.15, 0.2) is 0 Å². The summed E-state index contributed by atoms with van der Waals surface area (Å²) in [4.78, 5) is 14.0. The van der Waals surface area contributed by atoms with Crippen LogP contribution in [0.25, 0.3) is 0 Å². The highest BCUT2D eigenvalue weighted by atomic mass is 16.5. The highest BCUT2D eigenvalue weighted by molar-refractivity contribution is 5.76. The van der Waals surface area contributed by atoms with Crippen LogP contribution >= 0.6 is 0 Å². The van der Waals surface area contributed by atoms with Gasteiger partial charge in [0.1, 0.15) is 5.75 Å². The van der Waals surface area contributed by atoms with Gasteiger partial charge in [-0.05, 0) is 37.6 Å². The summed E-state index contributed by atoms with van der Waals surface area (Å²) in [7, 11) is 0. The lowest BCUT2D eigenvalue weighted by Gasteiger charge is -2.22. The molecule has 0 spiro atoms. The molecule has 1 saturated heterocycles. The molecule has 1 aliphatic rings. The molecule has 1 atom stereocenters. The number of nitrogens with zero attached hydrogens (tertiary/aromatic N) is 1. The van der Waals surface area contributed by atoms with Crippen molar-refractivity contribution in [1.82, 2.24) is 4.90 Å². The lowest BCUT2D eigenvalue weighted by Crippen LogP contribution is -2.36. The first-order valence-corrected chi connectivity index (χ1v) is 7.03. The maximum Gasteiger partial charge on any atom is 0.226 e. The van der Waals surface area contributed by atoms with Gasteiger partial charge < -0.3 is 20.1 Å². The number of ether oxygens (including phenoxy) is 2. The van der Waals surface area contributed by atoms with Gasteiger partial charge >= 0.3 is 0 Å². The number of nitrogen functional groups attached to an aromatic ring is 1. The summed E-state index contributed by atoms with van der Waals surface area (Å²) in [6, 6.07) is 7.18. The summed E-state index contributed by atoms with van der Waals surface area (Å²) >= 11 is 0. The average molecular weight is 278 g/mol. The number of hydrogen-bond acceptors (Lipinski definition) is 4. The largest absolute Gasteiger partial charge is 0.493 e. The fourth-order valence-electron chi connectivity index (χ4n) is 2.20. The van der Waals surface area contributed by atoms with Gasteiger partial charge in [-0.3, -0.25) is 4.79 Å². The maximum atomic E-state index is 12.1. The Morgan fingerprint density at radius 3 is 2.95 bits per heavy atom. The highest BCUT2D eigenvalue weighted by Gasteiger charge is 2.19. The summed E-state index contributed by atoms with van der Waals surface area (Å²) < 4.78 is 11.1. The first-order valence-electron chi connectivity index (χ1n) is 7.03. The lowest BCUT2D eigenvalue weighted by atomic mass is 10.3. The second-order valence-electron chi connectivity index (χ2n) is 5.04. The van der Waals surface area contributed by atoms with E-state index >= 15 is 0 Å². The standard InChI is InChI=1S/C15H22N2O3/c1-12-11-17(8-2-9-19-12)15(18)7-10-20-14-5-3-13(16)4-6-14/h3-6,12H,2,7-11,16H2,1H3. The lowest BCUT2D eigenvalue weighted by molar-refractivity contribution is -0.132. The molecule has 1 aromatic rings. The Hall–Kier alpha value is -1.75. The molecule has 1 unspecified atom stereocenters. The topological polar surface area (TPSA) is 64.8 Å². The molecule has 1 fully saturated rings. The Morgan fingerprint density at radius 2 is 2.20 bits per heavy atom. The molecule has 0 aromatic heterocycles. The van der Waals surface area contributed by atoms with Crippen LogP contribution in [0.3, 0.4) is 0 Å². The molecular formula is C15H22N2O3. The molecular weight excluding hydrogens is 256 g/mol. The van der Waals surface area contributed by atoms with Crippen molar-refractivity contribution in [3.05, 3.63) is 24.3 Å². The van der Waals surface area contributed by atoms with E-state index in [0.717, 1.165) is 25.3 Å². The first-order chi connectivity index (χ1) is 9.65. The molecule has 1 aliphatic heterocycles. The molecule has 2 N–H and O–H groups in total. The van der Waals surface area contributed by atoms with Gasteiger partial charge in [-0.15, -0.1) is 0 Å². The Balaban J connectivity index is 1.75. The maximum absolute atomic E-state index is 12.1. The van der Waals surface area contributed by atoms with Crippen LogP contribution in [-0.2, 0) is 9.53 Å². The minimum atomic E-state index is 0.111. The summed E-state index contributed by atoms with van der Waals surface area (Å²) in [5, 5.41) is 0. The molecule has 1 amide bonds. The second kappa shape index (κ2) is 7.14. The van der Waals surface area contributed by atoms with E-state index in [4.69, 9.17) is 15.2 Å². The van der Waals surface area contributed by atoms with E-state index in [0.29, 0.717) is 25.3 Å². The number of rotatable bonds is 4. The number of amides is 1. The summed E-state index contributed by atoms with van der Waals surface area (Å²) in [6.45, 7) is 4.55. The quantitative estimate of drug-likeness (QED) is 0.851. The van der Waals surface area contributed by atoms with Crippen molar-refractivity contribution in [1.29, 1.82) is 0 Å². The highest BCUT2D eigenvalue weighted by Crippen LogP contribution is 2.13. The Bertz CT molecular complexity index is 433. The fraction of sp³-hybridized carbons (Fsp3) is 0.533. The zero-order valence-corrected chi connectivity index (χ0v) is 11.9. The van der Waals surface area contributed by atoms with Gasteiger partial charge in [0.25, 0.3) is 0 Å². The van der Waals surface area contributed by atoms with Crippen LogP contribution in [0.2, 0.25) is 0 Å². The van der Waals surface area contributed by atoms with Gasteiger partial charge in [-0.25, -0.2) is 0 Å². The van der Waals surface area contributed by atoms with Crippen molar-refractivity contribution in [3.63, 3.8) is 0 Å². The average Bonchev–Trinajstić information content (AvgIpc) is 2.65. The molecule has 1 heterocycles. The van der Waals surface area contributed by atoms with E-state index in [1.54, 1.807) is 12.1 Å². The molecule has 0 saturated carbocycles. The van der Waals surface area contributed by atoms with Gasteiger partial charge in [0.05, 0.1) is 19.1 Å². The molecule has 0 bridgehead atoms. The second-order valence-corrected chi connectivity index (χ2v) is 5.04. The van der Waals surface area contributed by atoms with E-state index in [9.17, 15) is 4.79 Å². The third-order valence-corrected chi connectivity index (χ3v) is 3.27. The number of nitrogens with two attached hydrogens (primary N) is 1. The zero-order valence-electron chi connectivity index (χ0n) is 11.9. The van der Waals surface area contributed by atoms with Crippen molar-refractivity contribution < 1.29 is 14.3 Å². The van der Waals surface area contributed by atoms with E-state index in [2.05, 4.69) is 0 Å². The van der Waals surface area contributed by atoms with Crippen molar-refractivity contribution in [2.24, 2.45) is 0 Å². The minimum absolute atomic E-state index is 0.111. The summed E-state index contributed by atoms with van der Waals surface area (Å²) in [5.41, 5.74) is 6.30. The molecule has 5 nitrogen and oxygen atoms in total. The number of carbonyl (C=O) groups is 1. The molecule has 0 radical (unpaired) electrons. The van der Waals surface area contributed by atoms with Gasteiger partial charge in [-0.2, -0.15) is 0 Å². The molecule has 2 rings (SSSR count). The van der Waals surface area contributed by atoms with Gasteiger partial charge in [0, 0.05) is 25.4 Å². The van der Waals surface area contributed by atoms with Crippen LogP contribution in [0.1, 0.15) is 19.8 Å². The van der Waals surface area contributed by atoms with Gasteiger partial charge in [-0.1, -0.05) is 0 Å². The van der Waals surface area contributed by atoms with Crippen molar-refractivity contribution >= 4 is 11.6 Å². The predicted octanol–water partition coefficient (Wildman–Crippen LogP) is 1.68. The third kappa shape index (κ3) is 4.42. The first kappa shape index (κ1) is 14.7. The number of anilines is 1.